The van der Waals surface area contributed by atoms with Crippen molar-refractivity contribution in [2.24, 2.45) is 5.14 Å². The molecule has 0 aliphatic rings. The fourth-order valence-electron chi connectivity index (χ4n) is 2.30. The van der Waals surface area contributed by atoms with Crippen molar-refractivity contribution in [3.63, 3.8) is 0 Å². The number of hydrogen-bond donors (Lipinski definition) is 2. The molecular formula is C17H22N2O4S2. The zero-order valence-electron chi connectivity index (χ0n) is 14.6. The van der Waals surface area contributed by atoms with Crippen LogP contribution in [0.15, 0.2) is 52.3 Å². The number of nitrogens with one attached hydrogen (secondary N) is 1. The van der Waals surface area contributed by atoms with Gasteiger partial charge in [0.15, 0.2) is 0 Å². The Morgan fingerprint density at radius 3 is 2.16 bits per heavy atom. The van der Waals surface area contributed by atoms with Gasteiger partial charge in [0.25, 0.3) is 10.0 Å². The van der Waals surface area contributed by atoms with Crippen LogP contribution in [0.4, 0.5) is 5.69 Å². The van der Waals surface area contributed by atoms with E-state index in [0.29, 0.717) is 5.56 Å². The van der Waals surface area contributed by atoms with Crippen LogP contribution in [0.25, 0.3) is 0 Å². The summed E-state index contributed by atoms with van der Waals surface area (Å²) in [6, 6.07) is 10.7. The molecule has 2 aromatic carbocycles. The molecule has 0 unspecified atom stereocenters. The minimum Gasteiger partial charge on any atom is -0.280 e. The molecule has 3 N–H and O–H groups in total. The average Bonchev–Trinajstić information content (AvgIpc) is 2.45. The van der Waals surface area contributed by atoms with Gasteiger partial charge in [0.2, 0.25) is 10.0 Å². The Kier molecular flexibility index (Phi) is 5.00. The molecule has 0 aliphatic carbocycles. The third-order valence-corrected chi connectivity index (χ3v) is 6.19. The molecule has 0 aliphatic heterocycles. The van der Waals surface area contributed by atoms with Gasteiger partial charge in [-0.1, -0.05) is 39.0 Å². The van der Waals surface area contributed by atoms with Gasteiger partial charge in [0, 0.05) is 0 Å². The monoisotopic (exact) mass is 382 g/mol. The molecule has 0 atom stereocenters. The van der Waals surface area contributed by atoms with E-state index in [9.17, 15) is 16.8 Å². The summed E-state index contributed by atoms with van der Waals surface area (Å²) >= 11 is 0. The van der Waals surface area contributed by atoms with Crippen LogP contribution in [0, 0.1) is 6.92 Å². The molecule has 0 amide bonds. The molecule has 6 nitrogen and oxygen atoms in total. The number of nitrogens with two attached hydrogens (primary N) is 1. The first-order valence-electron chi connectivity index (χ1n) is 7.57. The van der Waals surface area contributed by atoms with Gasteiger partial charge in [0.1, 0.15) is 0 Å². The third kappa shape index (κ3) is 4.59. The zero-order chi connectivity index (χ0) is 19.0. The largest absolute Gasteiger partial charge is 0.280 e. The van der Waals surface area contributed by atoms with Crippen molar-refractivity contribution < 1.29 is 16.8 Å². The summed E-state index contributed by atoms with van der Waals surface area (Å²) in [7, 11) is -7.79. The molecular weight excluding hydrogens is 360 g/mol. The molecule has 2 aromatic rings. The second-order valence-electron chi connectivity index (χ2n) is 6.91. The number of primary sulfonamides is 1. The summed E-state index contributed by atoms with van der Waals surface area (Å²) in [6.07, 6.45) is 0. The SMILES string of the molecule is Cc1ccc(C(C)(C)C)cc1S(=O)(=O)Nc1cccc(S(N)(=O)=O)c1. The Hall–Kier alpha value is -1.90. The van der Waals surface area contributed by atoms with Crippen LogP contribution in [-0.4, -0.2) is 16.8 Å². The van der Waals surface area contributed by atoms with Crippen LogP contribution < -0.4 is 9.86 Å². The molecule has 2 rings (SSSR count). The first-order chi connectivity index (χ1) is 11.3. The third-order valence-electron chi connectivity index (χ3n) is 3.76. The van der Waals surface area contributed by atoms with Crippen LogP contribution >= 0.6 is 0 Å². The molecule has 0 heterocycles. The van der Waals surface area contributed by atoms with E-state index in [1.54, 1.807) is 19.1 Å². The van der Waals surface area contributed by atoms with E-state index in [-0.39, 0.29) is 20.9 Å². The number of sulfonamides is 2. The molecule has 0 saturated carbocycles. The Morgan fingerprint density at radius 1 is 0.960 bits per heavy atom. The predicted octanol–water partition coefficient (Wildman–Crippen LogP) is 2.74. The molecule has 0 radical (unpaired) electrons. The van der Waals surface area contributed by atoms with E-state index in [1.165, 1.54) is 24.3 Å². The van der Waals surface area contributed by atoms with Gasteiger partial charge in [-0.3, -0.25) is 4.72 Å². The molecule has 0 saturated heterocycles. The molecule has 0 aromatic heterocycles. The maximum atomic E-state index is 12.8. The summed E-state index contributed by atoms with van der Waals surface area (Å²) in [5, 5.41) is 5.09. The number of hydrogen-bond acceptors (Lipinski definition) is 4. The van der Waals surface area contributed by atoms with Crippen LogP contribution in [0.5, 0.6) is 0 Å². The molecule has 0 fully saturated rings. The standard InChI is InChI=1S/C17H22N2O4S2/c1-12-8-9-13(17(2,3)4)10-16(12)25(22,23)19-14-6-5-7-15(11-14)24(18,20)21/h5-11,19H,1-4H3,(H2,18,20,21). The van der Waals surface area contributed by atoms with Crippen molar-refractivity contribution in [3.8, 4) is 0 Å². The van der Waals surface area contributed by atoms with E-state index in [1.807, 2.05) is 26.8 Å². The van der Waals surface area contributed by atoms with Gasteiger partial charge in [0.05, 0.1) is 15.5 Å². The molecule has 0 bridgehead atoms. The second-order valence-corrected chi connectivity index (χ2v) is 10.1. The number of rotatable bonds is 4. The van der Waals surface area contributed by atoms with Crippen LogP contribution in [0.2, 0.25) is 0 Å². The number of benzene rings is 2. The van der Waals surface area contributed by atoms with Crippen LogP contribution in [-0.2, 0) is 25.5 Å². The maximum absolute atomic E-state index is 12.8. The Bertz CT molecular complexity index is 1010. The van der Waals surface area contributed by atoms with Gasteiger partial charge in [-0.2, -0.15) is 0 Å². The number of aryl methyl sites for hydroxylation is 1. The van der Waals surface area contributed by atoms with Crippen molar-refractivity contribution in [3.05, 3.63) is 53.6 Å². The van der Waals surface area contributed by atoms with Gasteiger partial charge in [-0.05, 0) is 47.7 Å². The highest BCUT2D eigenvalue weighted by atomic mass is 32.2. The first kappa shape index (κ1) is 19.4. The minimum absolute atomic E-state index is 0.132. The first-order valence-corrected chi connectivity index (χ1v) is 10.6. The summed E-state index contributed by atoms with van der Waals surface area (Å²) in [5.41, 5.74) is 1.41. The second kappa shape index (κ2) is 6.44. The molecule has 25 heavy (non-hydrogen) atoms. The van der Waals surface area contributed by atoms with Crippen LogP contribution in [0.1, 0.15) is 31.9 Å². The van der Waals surface area contributed by atoms with Gasteiger partial charge in [-0.15, -0.1) is 0 Å². The number of anilines is 1. The highest BCUT2D eigenvalue weighted by molar-refractivity contribution is 7.92. The van der Waals surface area contributed by atoms with Gasteiger partial charge in [-0.25, -0.2) is 22.0 Å². The summed E-state index contributed by atoms with van der Waals surface area (Å²) in [4.78, 5) is -0.00574. The Labute approximate surface area is 149 Å². The Balaban J connectivity index is 2.47. The Morgan fingerprint density at radius 2 is 1.60 bits per heavy atom. The smallest absolute Gasteiger partial charge is 0.262 e. The van der Waals surface area contributed by atoms with E-state index >= 15 is 0 Å². The summed E-state index contributed by atoms with van der Waals surface area (Å²) < 4.78 is 50.8. The lowest BCUT2D eigenvalue weighted by atomic mass is 9.87. The van der Waals surface area contributed by atoms with E-state index in [4.69, 9.17) is 5.14 Å². The van der Waals surface area contributed by atoms with Gasteiger partial charge >= 0.3 is 0 Å². The lowest BCUT2D eigenvalue weighted by Crippen LogP contribution is -2.18. The fourth-order valence-corrected chi connectivity index (χ4v) is 4.18. The van der Waals surface area contributed by atoms with Crippen molar-refractivity contribution in [2.45, 2.75) is 42.9 Å². The highest BCUT2D eigenvalue weighted by Gasteiger charge is 2.22. The normalized spacial score (nSPS) is 12.8. The molecule has 136 valence electrons. The van der Waals surface area contributed by atoms with E-state index in [2.05, 4.69) is 4.72 Å². The molecule has 8 heteroatoms. The summed E-state index contributed by atoms with van der Waals surface area (Å²) in [6.45, 7) is 7.70. The van der Waals surface area contributed by atoms with E-state index < -0.39 is 20.0 Å². The fraction of sp³-hybridized carbons (Fsp3) is 0.294. The topological polar surface area (TPSA) is 106 Å². The van der Waals surface area contributed by atoms with Crippen molar-refractivity contribution in [2.75, 3.05) is 4.72 Å². The summed E-state index contributed by atoms with van der Waals surface area (Å²) in [5.74, 6) is 0. The highest BCUT2D eigenvalue weighted by Crippen LogP contribution is 2.28. The predicted molar refractivity (Wildman–Crippen MR) is 98.5 cm³/mol. The maximum Gasteiger partial charge on any atom is 0.262 e. The zero-order valence-corrected chi connectivity index (χ0v) is 16.2. The van der Waals surface area contributed by atoms with Crippen molar-refractivity contribution >= 4 is 25.7 Å². The van der Waals surface area contributed by atoms with Crippen LogP contribution in [0.3, 0.4) is 0 Å². The van der Waals surface area contributed by atoms with Gasteiger partial charge < -0.3 is 0 Å². The van der Waals surface area contributed by atoms with E-state index in [0.717, 1.165) is 5.56 Å². The quantitative estimate of drug-likeness (QED) is 0.848. The van der Waals surface area contributed by atoms with Crippen molar-refractivity contribution in [1.82, 2.24) is 0 Å². The average molecular weight is 383 g/mol. The molecule has 0 spiro atoms. The lowest BCUT2D eigenvalue weighted by molar-refractivity contribution is 0.584. The lowest BCUT2D eigenvalue weighted by Gasteiger charge is -2.21. The minimum atomic E-state index is -3.91. The van der Waals surface area contributed by atoms with Crippen molar-refractivity contribution in [1.29, 1.82) is 0 Å².